The van der Waals surface area contributed by atoms with Crippen molar-refractivity contribution in [2.75, 3.05) is 59.2 Å². The molecular formula is C24H42N6O5. The molecule has 2 heterocycles. The van der Waals surface area contributed by atoms with E-state index >= 15 is 0 Å². The summed E-state index contributed by atoms with van der Waals surface area (Å²) in [4.78, 5) is 34.5. The molecule has 0 unspecified atom stereocenters. The normalized spacial score (nSPS) is 20.0. The molecule has 198 valence electrons. The molecule has 11 heteroatoms. The fraction of sp³-hybridized carbons (Fsp3) is 0.833. The summed E-state index contributed by atoms with van der Waals surface area (Å²) in [6.07, 6.45) is 1.49. The van der Waals surface area contributed by atoms with Gasteiger partial charge in [0.15, 0.2) is 6.04 Å². The largest absolute Gasteiger partial charge is 0.450 e. The zero-order chi connectivity index (χ0) is 25.9. The number of carbonyl (C=O) groups is 2. The van der Waals surface area contributed by atoms with Crippen LogP contribution in [0.25, 0.3) is 0 Å². The van der Waals surface area contributed by atoms with E-state index in [1.807, 2.05) is 25.7 Å². The fourth-order valence-corrected chi connectivity index (χ4v) is 3.93. The molecule has 0 aromatic heterocycles. The Kier molecular flexibility index (Phi) is 11.2. The molecule has 0 saturated carbocycles. The first-order valence-electron chi connectivity index (χ1n) is 12.5. The Morgan fingerprint density at radius 1 is 1.17 bits per heavy atom. The van der Waals surface area contributed by atoms with Crippen molar-refractivity contribution in [2.24, 2.45) is 4.99 Å². The number of likely N-dealkylation sites (tertiary alicyclic amines) is 1. The number of hydrogen-bond donors (Lipinski definition) is 2. The van der Waals surface area contributed by atoms with E-state index in [0.29, 0.717) is 39.1 Å². The lowest BCUT2D eigenvalue weighted by molar-refractivity contribution is -0.126. The molecule has 2 saturated heterocycles. The van der Waals surface area contributed by atoms with Gasteiger partial charge in [0.25, 0.3) is 0 Å². The molecule has 0 bridgehead atoms. The number of nitrogens with one attached hydrogen (secondary N) is 2. The Balaban J connectivity index is 2.26. The standard InChI is InChI=1S/C24H42N6O5/c1-6-10-29-11-8-24(18-25,9-12-29)28-20(31)19(17-35-23(3,4)5)26-21(27-22(32)34-7-2)30-13-15-33-16-14-30/h19H,6-17H2,1-5H3,(H,28,31)(H,26,27,32)/t19-/m0/s1. The van der Waals surface area contributed by atoms with Gasteiger partial charge >= 0.3 is 6.09 Å². The summed E-state index contributed by atoms with van der Waals surface area (Å²) < 4.78 is 16.4. The molecule has 2 rings (SSSR count). The Hall–Kier alpha value is -2.42. The lowest BCUT2D eigenvalue weighted by atomic mass is 9.88. The lowest BCUT2D eigenvalue weighted by Gasteiger charge is -2.38. The maximum atomic E-state index is 13.5. The summed E-state index contributed by atoms with van der Waals surface area (Å²) in [6, 6.07) is 1.37. The Labute approximate surface area is 209 Å². The molecule has 2 fully saturated rings. The summed E-state index contributed by atoms with van der Waals surface area (Å²) in [5.41, 5.74) is -1.45. The highest BCUT2D eigenvalue weighted by molar-refractivity contribution is 5.96. The van der Waals surface area contributed by atoms with Crippen molar-refractivity contribution in [3.05, 3.63) is 0 Å². The molecule has 2 N–H and O–H groups in total. The van der Waals surface area contributed by atoms with Crippen molar-refractivity contribution in [2.45, 2.75) is 71.1 Å². The van der Waals surface area contributed by atoms with Gasteiger partial charge in [-0.2, -0.15) is 5.26 Å². The number of morpholine rings is 1. The molecule has 2 amide bonds. The number of alkyl carbamates (subject to hydrolysis) is 1. The summed E-state index contributed by atoms with van der Waals surface area (Å²) in [5.74, 6) is -0.177. The summed E-state index contributed by atoms with van der Waals surface area (Å²) in [6.45, 7) is 14.2. The topological polar surface area (TPSA) is 129 Å². The molecular weight excluding hydrogens is 452 g/mol. The van der Waals surface area contributed by atoms with Crippen molar-refractivity contribution in [3.63, 3.8) is 0 Å². The first kappa shape index (κ1) is 28.8. The highest BCUT2D eigenvalue weighted by Gasteiger charge is 2.38. The zero-order valence-electron chi connectivity index (χ0n) is 21.9. The van der Waals surface area contributed by atoms with Gasteiger partial charge < -0.3 is 29.3 Å². The van der Waals surface area contributed by atoms with Crippen LogP contribution in [-0.4, -0.2) is 104 Å². The van der Waals surface area contributed by atoms with E-state index in [4.69, 9.17) is 14.2 Å². The van der Waals surface area contributed by atoms with Gasteiger partial charge in [-0.1, -0.05) is 6.92 Å². The van der Waals surface area contributed by atoms with Gasteiger partial charge in [-0.3, -0.25) is 10.1 Å². The van der Waals surface area contributed by atoms with Crippen LogP contribution in [0, 0.1) is 11.3 Å². The van der Waals surface area contributed by atoms with E-state index in [2.05, 4.69) is 33.5 Å². The van der Waals surface area contributed by atoms with Crippen LogP contribution in [0.1, 0.15) is 53.9 Å². The second kappa shape index (κ2) is 13.6. The second-order valence-corrected chi connectivity index (χ2v) is 9.86. The smallest absolute Gasteiger partial charge is 0.413 e. The average Bonchev–Trinajstić information content (AvgIpc) is 2.82. The summed E-state index contributed by atoms with van der Waals surface area (Å²) in [7, 11) is 0. The first-order valence-corrected chi connectivity index (χ1v) is 12.5. The van der Waals surface area contributed by atoms with E-state index in [1.165, 1.54) is 0 Å². The molecule has 1 atom stereocenters. The highest BCUT2D eigenvalue weighted by Crippen LogP contribution is 2.22. The zero-order valence-corrected chi connectivity index (χ0v) is 21.9. The predicted molar refractivity (Wildman–Crippen MR) is 132 cm³/mol. The van der Waals surface area contributed by atoms with Crippen LogP contribution < -0.4 is 10.6 Å². The van der Waals surface area contributed by atoms with Gasteiger partial charge in [-0.15, -0.1) is 0 Å². The number of guanidine groups is 1. The molecule has 0 aromatic rings. The van der Waals surface area contributed by atoms with Crippen molar-refractivity contribution in [1.29, 1.82) is 5.26 Å². The monoisotopic (exact) mass is 494 g/mol. The van der Waals surface area contributed by atoms with E-state index in [9.17, 15) is 14.9 Å². The summed E-state index contributed by atoms with van der Waals surface area (Å²) in [5, 5.41) is 15.6. The number of rotatable bonds is 8. The predicted octanol–water partition coefficient (Wildman–Crippen LogP) is 1.49. The molecule has 0 aliphatic carbocycles. The molecule has 2 aliphatic rings. The van der Waals surface area contributed by atoms with Gasteiger partial charge in [0, 0.05) is 26.2 Å². The van der Waals surface area contributed by atoms with Crippen molar-refractivity contribution < 1.29 is 23.8 Å². The fourth-order valence-electron chi connectivity index (χ4n) is 3.93. The Morgan fingerprint density at radius 2 is 1.83 bits per heavy atom. The minimum atomic E-state index is -0.965. The van der Waals surface area contributed by atoms with Crippen molar-refractivity contribution >= 4 is 18.0 Å². The maximum absolute atomic E-state index is 13.5. The number of aliphatic imine (C=N–C) groups is 1. The molecule has 0 spiro atoms. The van der Waals surface area contributed by atoms with Crippen LogP contribution in [0.2, 0.25) is 0 Å². The van der Waals surface area contributed by atoms with E-state index < -0.39 is 29.2 Å². The van der Waals surface area contributed by atoms with Gasteiger partial charge in [-0.05, 0) is 53.5 Å². The molecule has 2 aliphatic heterocycles. The van der Waals surface area contributed by atoms with Crippen LogP contribution in [0.5, 0.6) is 0 Å². The number of amides is 2. The van der Waals surface area contributed by atoms with E-state index in [1.54, 1.807) is 6.92 Å². The van der Waals surface area contributed by atoms with Crippen LogP contribution in [0.15, 0.2) is 4.99 Å². The number of nitriles is 1. The highest BCUT2D eigenvalue weighted by atomic mass is 16.5. The molecule has 0 radical (unpaired) electrons. The van der Waals surface area contributed by atoms with Gasteiger partial charge in [0.05, 0.1) is 38.1 Å². The first-order chi connectivity index (χ1) is 16.6. The number of piperidine rings is 1. The third-order valence-corrected chi connectivity index (χ3v) is 5.88. The van der Waals surface area contributed by atoms with Crippen molar-refractivity contribution in [3.8, 4) is 6.07 Å². The van der Waals surface area contributed by atoms with Crippen LogP contribution in [-0.2, 0) is 19.0 Å². The number of carbonyl (C=O) groups excluding carboxylic acids is 2. The van der Waals surface area contributed by atoms with Crippen LogP contribution in [0.3, 0.4) is 0 Å². The van der Waals surface area contributed by atoms with Gasteiger partial charge in [0.1, 0.15) is 5.54 Å². The number of nitrogens with zero attached hydrogens (tertiary/aromatic N) is 4. The SMILES string of the molecule is CCCN1CCC(C#N)(NC(=O)[C@H](COC(C)(C)C)N=C(NC(=O)OCC)N2CCOCC2)CC1. The van der Waals surface area contributed by atoms with Gasteiger partial charge in [-0.25, -0.2) is 9.79 Å². The van der Waals surface area contributed by atoms with Crippen LogP contribution >= 0.6 is 0 Å². The second-order valence-electron chi connectivity index (χ2n) is 9.86. The Bertz CT molecular complexity index is 761. The third kappa shape index (κ3) is 9.63. The lowest BCUT2D eigenvalue weighted by Crippen LogP contribution is -2.57. The average molecular weight is 495 g/mol. The molecule has 35 heavy (non-hydrogen) atoms. The minimum Gasteiger partial charge on any atom is -0.450 e. The van der Waals surface area contributed by atoms with Crippen molar-refractivity contribution in [1.82, 2.24) is 20.4 Å². The van der Waals surface area contributed by atoms with E-state index in [-0.39, 0.29) is 19.2 Å². The van der Waals surface area contributed by atoms with E-state index in [0.717, 1.165) is 26.1 Å². The van der Waals surface area contributed by atoms with Gasteiger partial charge in [0.2, 0.25) is 11.9 Å². The quantitative estimate of drug-likeness (QED) is 0.384. The maximum Gasteiger partial charge on any atom is 0.413 e. The molecule has 11 nitrogen and oxygen atoms in total. The number of ether oxygens (including phenoxy) is 3. The molecule has 0 aromatic carbocycles. The third-order valence-electron chi connectivity index (χ3n) is 5.88. The number of hydrogen-bond acceptors (Lipinski definition) is 8. The summed E-state index contributed by atoms with van der Waals surface area (Å²) >= 11 is 0. The van der Waals surface area contributed by atoms with Crippen LogP contribution in [0.4, 0.5) is 4.79 Å². The Morgan fingerprint density at radius 3 is 2.37 bits per heavy atom. The minimum absolute atomic E-state index is 0.00283.